The number of carbonyl (C=O) groups is 3. The zero-order valence-corrected chi connectivity index (χ0v) is 8.45. The van der Waals surface area contributed by atoms with Gasteiger partial charge < -0.3 is 24.8 Å². The third-order valence-corrected chi connectivity index (χ3v) is 1.32. The molecule has 0 aromatic carbocycles. The standard InChI is InChI=1S/C8H12O8/c1-4(10)6(12)16-8(14)7(13)15-3-5(11)2-9/h4-5,9-11H,2-3H2,1H3. The molecule has 0 saturated heterocycles. The van der Waals surface area contributed by atoms with Gasteiger partial charge in [0.15, 0.2) is 0 Å². The van der Waals surface area contributed by atoms with Gasteiger partial charge in [-0.2, -0.15) is 0 Å². The van der Waals surface area contributed by atoms with Crippen LogP contribution in [-0.2, 0) is 23.9 Å². The molecule has 8 heteroatoms. The molecule has 92 valence electrons. The predicted molar refractivity (Wildman–Crippen MR) is 46.8 cm³/mol. The van der Waals surface area contributed by atoms with E-state index in [0.29, 0.717) is 0 Å². The monoisotopic (exact) mass is 236 g/mol. The molecule has 0 spiro atoms. The Bertz CT molecular complexity index is 271. The molecule has 0 aliphatic carbocycles. The van der Waals surface area contributed by atoms with Crippen LogP contribution < -0.4 is 0 Å². The highest BCUT2D eigenvalue weighted by Crippen LogP contribution is 1.92. The van der Waals surface area contributed by atoms with Gasteiger partial charge in [-0.15, -0.1) is 0 Å². The van der Waals surface area contributed by atoms with Crippen LogP contribution in [0.2, 0.25) is 0 Å². The number of aliphatic hydroxyl groups is 3. The second kappa shape index (κ2) is 6.88. The normalized spacial score (nSPS) is 13.8. The number of ether oxygens (including phenoxy) is 2. The minimum atomic E-state index is -1.60. The molecule has 0 amide bonds. The van der Waals surface area contributed by atoms with Crippen molar-refractivity contribution < 1.29 is 39.2 Å². The van der Waals surface area contributed by atoms with Crippen molar-refractivity contribution in [2.75, 3.05) is 13.2 Å². The molecule has 0 aliphatic rings. The summed E-state index contributed by atoms with van der Waals surface area (Å²) in [5, 5.41) is 25.8. The topological polar surface area (TPSA) is 130 Å². The number of hydrogen-bond donors (Lipinski definition) is 3. The molecule has 0 bridgehead atoms. The SMILES string of the molecule is CC(O)C(=O)OC(=O)C(=O)OCC(O)CO. The van der Waals surface area contributed by atoms with Gasteiger partial charge in [-0.3, -0.25) is 0 Å². The maximum Gasteiger partial charge on any atom is 0.425 e. The summed E-state index contributed by atoms with van der Waals surface area (Å²) in [6.45, 7) is -0.196. The van der Waals surface area contributed by atoms with Crippen LogP contribution >= 0.6 is 0 Å². The third-order valence-electron chi connectivity index (χ3n) is 1.32. The Morgan fingerprint density at radius 3 is 2.19 bits per heavy atom. The quantitative estimate of drug-likeness (QED) is 0.274. The molecule has 0 aromatic heterocycles. The van der Waals surface area contributed by atoms with E-state index in [4.69, 9.17) is 15.3 Å². The van der Waals surface area contributed by atoms with Crippen molar-refractivity contribution in [3.05, 3.63) is 0 Å². The summed E-state index contributed by atoms with van der Waals surface area (Å²) in [6.07, 6.45) is -2.86. The predicted octanol–water partition coefficient (Wildman–Crippen LogP) is -2.67. The lowest BCUT2D eigenvalue weighted by Crippen LogP contribution is -2.31. The zero-order chi connectivity index (χ0) is 12.7. The van der Waals surface area contributed by atoms with E-state index in [1.807, 2.05) is 0 Å². The molecule has 0 saturated carbocycles. The van der Waals surface area contributed by atoms with Gasteiger partial charge in [0.25, 0.3) is 0 Å². The van der Waals surface area contributed by atoms with Gasteiger partial charge in [-0.1, -0.05) is 0 Å². The van der Waals surface area contributed by atoms with Crippen molar-refractivity contribution in [1.82, 2.24) is 0 Å². The summed E-state index contributed by atoms with van der Waals surface area (Å²) in [4.78, 5) is 32.2. The van der Waals surface area contributed by atoms with Crippen molar-refractivity contribution >= 4 is 17.9 Å². The van der Waals surface area contributed by atoms with Gasteiger partial charge in [0.1, 0.15) is 18.8 Å². The maximum atomic E-state index is 10.8. The van der Waals surface area contributed by atoms with E-state index in [-0.39, 0.29) is 0 Å². The average Bonchev–Trinajstić information content (AvgIpc) is 2.24. The smallest absolute Gasteiger partial charge is 0.425 e. The second-order valence-electron chi connectivity index (χ2n) is 2.82. The lowest BCUT2D eigenvalue weighted by molar-refractivity contribution is -0.177. The maximum absolute atomic E-state index is 10.8. The van der Waals surface area contributed by atoms with Crippen LogP contribution in [0, 0.1) is 0 Å². The van der Waals surface area contributed by atoms with E-state index in [9.17, 15) is 14.4 Å². The van der Waals surface area contributed by atoms with Crippen molar-refractivity contribution in [2.45, 2.75) is 19.1 Å². The second-order valence-corrected chi connectivity index (χ2v) is 2.82. The first-order chi connectivity index (χ1) is 7.38. The summed E-state index contributed by atoms with van der Waals surface area (Å²) in [6, 6.07) is 0. The van der Waals surface area contributed by atoms with Gasteiger partial charge in [-0.25, -0.2) is 14.4 Å². The number of esters is 3. The first kappa shape index (κ1) is 14.5. The Labute approximate surface area is 90.4 Å². The van der Waals surface area contributed by atoms with Gasteiger partial charge in [0.2, 0.25) is 0 Å². The number of aliphatic hydroxyl groups excluding tert-OH is 3. The largest absolute Gasteiger partial charge is 0.454 e. The molecule has 3 N–H and O–H groups in total. The molecule has 16 heavy (non-hydrogen) atoms. The Morgan fingerprint density at radius 1 is 1.19 bits per heavy atom. The number of hydrogen-bond acceptors (Lipinski definition) is 8. The van der Waals surface area contributed by atoms with Gasteiger partial charge >= 0.3 is 17.9 Å². The summed E-state index contributed by atoms with van der Waals surface area (Å²) in [7, 11) is 0. The Kier molecular flexibility index (Phi) is 6.23. The van der Waals surface area contributed by atoms with Crippen molar-refractivity contribution in [1.29, 1.82) is 0 Å². The molecule has 0 rings (SSSR count). The van der Waals surface area contributed by atoms with Crippen molar-refractivity contribution in [3.63, 3.8) is 0 Å². The van der Waals surface area contributed by atoms with E-state index in [1.54, 1.807) is 0 Å². The minimum absolute atomic E-state index is 0.604. The summed E-state index contributed by atoms with van der Waals surface area (Å²) in [5.74, 6) is -4.39. The van der Waals surface area contributed by atoms with E-state index < -0.39 is 43.3 Å². The lowest BCUT2D eigenvalue weighted by atomic mass is 10.4. The van der Waals surface area contributed by atoms with Crippen LogP contribution in [0.25, 0.3) is 0 Å². The van der Waals surface area contributed by atoms with Crippen LogP contribution in [0.15, 0.2) is 0 Å². The van der Waals surface area contributed by atoms with E-state index in [0.717, 1.165) is 6.92 Å². The molecule has 2 unspecified atom stereocenters. The van der Waals surface area contributed by atoms with Crippen molar-refractivity contribution in [3.8, 4) is 0 Å². The molecule has 2 atom stereocenters. The molecule has 0 radical (unpaired) electrons. The fraction of sp³-hybridized carbons (Fsp3) is 0.625. The van der Waals surface area contributed by atoms with E-state index in [1.165, 1.54) is 0 Å². The summed E-state index contributed by atoms with van der Waals surface area (Å²) in [5.41, 5.74) is 0. The third kappa shape index (κ3) is 5.39. The summed E-state index contributed by atoms with van der Waals surface area (Å²) >= 11 is 0. The van der Waals surface area contributed by atoms with Gasteiger partial charge in [0, 0.05) is 0 Å². The molecule has 0 aromatic rings. The fourth-order valence-corrected chi connectivity index (χ4v) is 0.502. The zero-order valence-electron chi connectivity index (χ0n) is 8.45. The van der Waals surface area contributed by atoms with Crippen LogP contribution in [0.5, 0.6) is 0 Å². The highest BCUT2D eigenvalue weighted by Gasteiger charge is 2.24. The lowest BCUT2D eigenvalue weighted by Gasteiger charge is -2.08. The molecule has 8 nitrogen and oxygen atoms in total. The summed E-state index contributed by atoms with van der Waals surface area (Å²) < 4.78 is 8.07. The minimum Gasteiger partial charge on any atom is -0.454 e. The highest BCUT2D eigenvalue weighted by molar-refractivity contribution is 6.31. The first-order valence-electron chi connectivity index (χ1n) is 4.28. The van der Waals surface area contributed by atoms with Gasteiger partial charge in [-0.05, 0) is 6.92 Å². The molecule has 0 fully saturated rings. The molecule has 0 aliphatic heterocycles. The molecular weight excluding hydrogens is 224 g/mol. The van der Waals surface area contributed by atoms with Gasteiger partial charge in [0.05, 0.1) is 6.61 Å². The van der Waals surface area contributed by atoms with Crippen molar-refractivity contribution in [2.24, 2.45) is 0 Å². The fourth-order valence-electron chi connectivity index (χ4n) is 0.502. The Hall–Kier alpha value is -1.51. The molecular formula is C8H12O8. The average molecular weight is 236 g/mol. The molecule has 0 heterocycles. The van der Waals surface area contributed by atoms with Crippen LogP contribution in [-0.4, -0.2) is 58.6 Å². The number of rotatable bonds is 4. The Balaban J connectivity index is 4.01. The van der Waals surface area contributed by atoms with E-state index in [2.05, 4.69) is 9.47 Å². The number of carbonyl (C=O) groups excluding carboxylic acids is 3. The Morgan fingerprint density at radius 2 is 1.75 bits per heavy atom. The van der Waals surface area contributed by atoms with Crippen LogP contribution in [0.4, 0.5) is 0 Å². The highest BCUT2D eigenvalue weighted by atomic mass is 16.6. The van der Waals surface area contributed by atoms with Crippen LogP contribution in [0.1, 0.15) is 6.92 Å². The first-order valence-corrected chi connectivity index (χ1v) is 4.28. The van der Waals surface area contributed by atoms with E-state index >= 15 is 0 Å². The van der Waals surface area contributed by atoms with Crippen LogP contribution in [0.3, 0.4) is 0 Å².